The van der Waals surface area contributed by atoms with E-state index in [4.69, 9.17) is 10.5 Å². The molecule has 1 heterocycles. The molecule has 0 bridgehead atoms. The van der Waals surface area contributed by atoms with Gasteiger partial charge in [-0.25, -0.2) is 9.48 Å². The number of hydrogen-bond acceptors (Lipinski definition) is 4. The van der Waals surface area contributed by atoms with Gasteiger partial charge in [-0.3, -0.25) is 0 Å². The van der Waals surface area contributed by atoms with Crippen molar-refractivity contribution in [1.29, 1.82) is 0 Å². The molecule has 0 aliphatic heterocycles. The summed E-state index contributed by atoms with van der Waals surface area (Å²) in [4.78, 5) is 11.7. The Balaban J connectivity index is 2.26. The van der Waals surface area contributed by atoms with E-state index in [0.29, 0.717) is 18.0 Å². The normalized spacial score (nSPS) is 11.5. The Morgan fingerprint density at radius 3 is 2.83 bits per heavy atom. The van der Waals surface area contributed by atoms with Gasteiger partial charge in [-0.1, -0.05) is 25.5 Å². The van der Waals surface area contributed by atoms with E-state index in [0.717, 1.165) is 36.2 Å². The van der Waals surface area contributed by atoms with Crippen LogP contribution in [-0.4, -0.2) is 22.4 Å². The van der Waals surface area contributed by atoms with E-state index in [1.807, 2.05) is 30.3 Å². The minimum absolute atomic E-state index is 0.302. The van der Waals surface area contributed by atoms with Crippen LogP contribution in [0, 0.1) is 0 Å². The fourth-order valence-corrected chi connectivity index (χ4v) is 2.43. The van der Waals surface area contributed by atoms with Gasteiger partial charge in [0.2, 0.25) is 0 Å². The Hall–Kier alpha value is -2.56. The molecule has 2 N–H and O–H groups in total. The lowest BCUT2D eigenvalue weighted by atomic mass is 10.1. The second-order valence-corrected chi connectivity index (χ2v) is 5.72. The lowest BCUT2D eigenvalue weighted by Crippen LogP contribution is -2.05. The summed E-state index contributed by atoms with van der Waals surface area (Å²) < 4.78 is 6.74. The van der Waals surface area contributed by atoms with Crippen molar-refractivity contribution in [2.75, 3.05) is 12.3 Å². The molecule has 0 atom stereocenters. The van der Waals surface area contributed by atoms with E-state index in [-0.39, 0.29) is 5.97 Å². The lowest BCUT2D eigenvalue weighted by Gasteiger charge is -2.06. The van der Waals surface area contributed by atoms with Crippen LogP contribution in [0.15, 0.2) is 35.9 Å². The van der Waals surface area contributed by atoms with Crippen LogP contribution in [-0.2, 0) is 16.0 Å². The second kappa shape index (κ2) is 8.34. The molecular formula is C19H25N3O2. The Morgan fingerprint density at radius 2 is 2.12 bits per heavy atom. The summed E-state index contributed by atoms with van der Waals surface area (Å²) in [5, 5.41) is 4.58. The van der Waals surface area contributed by atoms with Crippen molar-refractivity contribution >= 4 is 17.9 Å². The number of unbranched alkanes of at least 4 members (excludes halogenated alkanes) is 1. The molecule has 0 aliphatic rings. The van der Waals surface area contributed by atoms with Crippen LogP contribution in [0.1, 0.15) is 44.9 Å². The average molecular weight is 327 g/mol. The highest BCUT2D eigenvalue weighted by atomic mass is 16.5. The number of hydrogen-bond donors (Lipinski definition) is 1. The SMILES string of the molecule is CCCCc1cc(N)n(-c2cccc(/C=C(\C)C(=O)OCC)c2)n1. The number of carbonyl (C=O) groups excluding carboxylic acids is 1. The molecule has 128 valence electrons. The van der Waals surface area contributed by atoms with Crippen LogP contribution in [0.25, 0.3) is 11.8 Å². The van der Waals surface area contributed by atoms with Crippen LogP contribution in [0.5, 0.6) is 0 Å². The van der Waals surface area contributed by atoms with Crippen molar-refractivity contribution in [3.05, 3.63) is 47.2 Å². The van der Waals surface area contributed by atoms with E-state index >= 15 is 0 Å². The molecule has 2 rings (SSSR count). The number of nitrogen functional groups attached to an aromatic ring is 1. The topological polar surface area (TPSA) is 70.1 Å². The van der Waals surface area contributed by atoms with Crippen molar-refractivity contribution in [3.63, 3.8) is 0 Å². The number of benzene rings is 1. The van der Waals surface area contributed by atoms with Gasteiger partial charge in [-0.2, -0.15) is 5.10 Å². The van der Waals surface area contributed by atoms with Crippen LogP contribution < -0.4 is 5.73 Å². The zero-order chi connectivity index (χ0) is 17.5. The number of ether oxygens (including phenoxy) is 1. The molecule has 1 aromatic carbocycles. The van der Waals surface area contributed by atoms with Gasteiger partial charge in [0.15, 0.2) is 0 Å². The smallest absolute Gasteiger partial charge is 0.333 e. The third-order valence-corrected chi connectivity index (χ3v) is 3.67. The Morgan fingerprint density at radius 1 is 1.33 bits per heavy atom. The van der Waals surface area contributed by atoms with E-state index < -0.39 is 0 Å². The third kappa shape index (κ3) is 4.47. The van der Waals surface area contributed by atoms with Gasteiger partial charge in [0, 0.05) is 11.6 Å². The molecule has 1 aromatic heterocycles. The number of carbonyl (C=O) groups is 1. The largest absolute Gasteiger partial charge is 0.463 e. The highest BCUT2D eigenvalue weighted by Crippen LogP contribution is 2.18. The van der Waals surface area contributed by atoms with E-state index in [1.54, 1.807) is 24.6 Å². The maximum atomic E-state index is 11.7. The summed E-state index contributed by atoms with van der Waals surface area (Å²) in [6.07, 6.45) is 4.95. The summed E-state index contributed by atoms with van der Waals surface area (Å²) >= 11 is 0. The van der Waals surface area contributed by atoms with Crippen LogP contribution in [0.3, 0.4) is 0 Å². The lowest BCUT2D eigenvalue weighted by molar-refractivity contribution is -0.138. The first-order chi connectivity index (χ1) is 11.5. The third-order valence-electron chi connectivity index (χ3n) is 3.67. The summed E-state index contributed by atoms with van der Waals surface area (Å²) in [5.74, 6) is 0.313. The molecule has 0 unspecified atom stereocenters. The van der Waals surface area contributed by atoms with Crippen molar-refractivity contribution in [2.24, 2.45) is 0 Å². The zero-order valence-corrected chi connectivity index (χ0v) is 14.6. The van der Waals surface area contributed by atoms with Gasteiger partial charge < -0.3 is 10.5 Å². The summed E-state index contributed by atoms with van der Waals surface area (Å²) in [5.41, 5.74) is 9.44. The van der Waals surface area contributed by atoms with Gasteiger partial charge in [-0.05, 0) is 50.5 Å². The summed E-state index contributed by atoms with van der Waals surface area (Å²) in [6, 6.07) is 9.68. The molecule has 0 fully saturated rings. The number of nitrogens with zero attached hydrogens (tertiary/aromatic N) is 2. The maximum Gasteiger partial charge on any atom is 0.333 e. The number of esters is 1. The number of aryl methyl sites for hydroxylation is 1. The highest BCUT2D eigenvalue weighted by Gasteiger charge is 2.08. The molecular weight excluding hydrogens is 302 g/mol. The number of aromatic nitrogens is 2. The first-order valence-electron chi connectivity index (χ1n) is 8.35. The van der Waals surface area contributed by atoms with Gasteiger partial charge in [0.05, 0.1) is 18.0 Å². The molecule has 0 aliphatic carbocycles. The first-order valence-corrected chi connectivity index (χ1v) is 8.35. The fourth-order valence-electron chi connectivity index (χ4n) is 2.43. The average Bonchev–Trinajstić information content (AvgIpc) is 2.94. The summed E-state index contributed by atoms with van der Waals surface area (Å²) in [7, 11) is 0. The minimum atomic E-state index is -0.302. The summed E-state index contributed by atoms with van der Waals surface area (Å²) in [6.45, 7) is 6.06. The fraction of sp³-hybridized carbons (Fsp3) is 0.368. The van der Waals surface area contributed by atoms with Gasteiger partial charge in [-0.15, -0.1) is 0 Å². The van der Waals surface area contributed by atoms with Crippen molar-refractivity contribution in [1.82, 2.24) is 9.78 Å². The predicted molar refractivity (Wildman–Crippen MR) is 96.9 cm³/mol. The highest BCUT2D eigenvalue weighted by molar-refractivity contribution is 5.93. The molecule has 2 aromatic rings. The van der Waals surface area contributed by atoms with Gasteiger partial charge >= 0.3 is 5.97 Å². The Kier molecular flexibility index (Phi) is 6.18. The molecule has 0 saturated carbocycles. The van der Waals surface area contributed by atoms with Gasteiger partial charge in [0.1, 0.15) is 5.82 Å². The first kappa shape index (κ1) is 17.8. The van der Waals surface area contributed by atoms with Gasteiger partial charge in [0.25, 0.3) is 0 Å². The Labute approximate surface area is 143 Å². The predicted octanol–water partition coefficient (Wildman–Crippen LogP) is 3.76. The molecule has 0 spiro atoms. The zero-order valence-electron chi connectivity index (χ0n) is 14.6. The van der Waals surface area contributed by atoms with Crippen molar-refractivity contribution in [3.8, 4) is 5.69 Å². The number of anilines is 1. The maximum absolute atomic E-state index is 11.7. The molecule has 5 nitrogen and oxygen atoms in total. The monoisotopic (exact) mass is 327 g/mol. The van der Waals surface area contributed by atoms with E-state index in [2.05, 4.69) is 12.0 Å². The molecule has 0 radical (unpaired) electrons. The van der Waals surface area contributed by atoms with E-state index in [9.17, 15) is 4.79 Å². The number of rotatable bonds is 7. The molecule has 0 amide bonds. The Bertz CT molecular complexity index is 732. The van der Waals surface area contributed by atoms with Crippen molar-refractivity contribution in [2.45, 2.75) is 40.0 Å². The quantitative estimate of drug-likeness (QED) is 0.621. The van der Waals surface area contributed by atoms with Crippen LogP contribution >= 0.6 is 0 Å². The van der Waals surface area contributed by atoms with Crippen LogP contribution in [0.4, 0.5) is 5.82 Å². The standard InChI is InChI=1S/C19H25N3O2/c1-4-6-9-16-13-18(20)22(21-16)17-10-7-8-15(12-17)11-14(3)19(23)24-5-2/h7-8,10-13H,4-6,9,20H2,1-3H3/b14-11+. The van der Waals surface area contributed by atoms with Crippen LogP contribution in [0.2, 0.25) is 0 Å². The minimum Gasteiger partial charge on any atom is -0.463 e. The molecule has 5 heteroatoms. The second-order valence-electron chi connectivity index (χ2n) is 5.72. The molecule has 0 saturated heterocycles. The molecule has 24 heavy (non-hydrogen) atoms. The van der Waals surface area contributed by atoms with Crippen molar-refractivity contribution < 1.29 is 9.53 Å². The van der Waals surface area contributed by atoms with E-state index in [1.165, 1.54) is 0 Å². The number of nitrogens with two attached hydrogens (primary N) is 1.